The highest BCUT2D eigenvalue weighted by molar-refractivity contribution is 7.91. The van der Waals surface area contributed by atoms with Crippen LogP contribution in [0.2, 0.25) is 0 Å². The van der Waals surface area contributed by atoms with Gasteiger partial charge in [-0.2, -0.15) is 0 Å². The van der Waals surface area contributed by atoms with Crippen molar-refractivity contribution in [1.82, 2.24) is 5.32 Å². The van der Waals surface area contributed by atoms with Crippen LogP contribution in [0.1, 0.15) is 17.5 Å². The minimum Gasteiger partial charge on any atom is -0.489 e. The Hall–Kier alpha value is -2.34. The van der Waals surface area contributed by atoms with Gasteiger partial charge in [0.1, 0.15) is 12.4 Å². The molecule has 6 heteroatoms. The number of amides is 1. The summed E-state index contributed by atoms with van der Waals surface area (Å²) in [6.07, 6.45) is 0.417. The Morgan fingerprint density at radius 1 is 1.04 bits per heavy atom. The van der Waals surface area contributed by atoms with Gasteiger partial charge in [0.25, 0.3) is 0 Å². The van der Waals surface area contributed by atoms with Gasteiger partial charge < -0.3 is 10.1 Å². The van der Waals surface area contributed by atoms with E-state index in [1.807, 2.05) is 54.6 Å². The standard InChI is InChI=1S/C19H21NO4S/c21-19(17-10-11-25(22,23)14-17)20-12-15-6-8-18(9-7-15)24-13-16-4-2-1-3-5-16/h1-9,17H,10-14H2,(H,20,21). The van der Waals surface area contributed by atoms with Crippen molar-refractivity contribution in [2.24, 2.45) is 5.92 Å². The third-order valence-electron chi connectivity index (χ3n) is 4.24. The van der Waals surface area contributed by atoms with Crippen LogP contribution in [0.15, 0.2) is 54.6 Å². The van der Waals surface area contributed by atoms with E-state index in [1.54, 1.807) is 0 Å². The SMILES string of the molecule is O=C(NCc1ccc(OCc2ccccc2)cc1)C1CCS(=O)(=O)C1. The molecule has 2 aromatic carbocycles. The lowest BCUT2D eigenvalue weighted by molar-refractivity contribution is -0.124. The summed E-state index contributed by atoms with van der Waals surface area (Å²) in [6, 6.07) is 17.4. The molecule has 0 bridgehead atoms. The fourth-order valence-electron chi connectivity index (χ4n) is 2.78. The molecule has 1 fully saturated rings. The van der Waals surface area contributed by atoms with Crippen LogP contribution >= 0.6 is 0 Å². The molecule has 1 unspecified atom stereocenters. The van der Waals surface area contributed by atoms with Gasteiger partial charge >= 0.3 is 0 Å². The second-order valence-corrected chi connectivity index (χ2v) is 8.46. The smallest absolute Gasteiger partial charge is 0.224 e. The first-order chi connectivity index (χ1) is 12.0. The van der Waals surface area contributed by atoms with Crippen molar-refractivity contribution >= 4 is 15.7 Å². The van der Waals surface area contributed by atoms with Gasteiger partial charge in [0.2, 0.25) is 5.91 Å². The molecule has 1 heterocycles. The Balaban J connectivity index is 1.47. The van der Waals surface area contributed by atoms with Crippen LogP contribution in [-0.2, 0) is 27.8 Å². The lowest BCUT2D eigenvalue weighted by Gasteiger charge is -2.10. The maximum atomic E-state index is 12.0. The van der Waals surface area contributed by atoms with Gasteiger partial charge in [0.15, 0.2) is 9.84 Å². The van der Waals surface area contributed by atoms with Crippen molar-refractivity contribution in [2.45, 2.75) is 19.6 Å². The molecule has 25 heavy (non-hydrogen) atoms. The number of benzene rings is 2. The van der Waals surface area contributed by atoms with Crippen molar-refractivity contribution in [2.75, 3.05) is 11.5 Å². The molecule has 5 nitrogen and oxygen atoms in total. The van der Waals surface area contributed by atoms with Gasteiger partial charge in [-0.05, 0) is 29.7 Å². The number of hydrogen-bond donors (Lipinski definition) is 1. The lowest BCUT2D eigenvalue weighted by atomic mass is 10.1. The van der Waals surface area contributed by atoms with E-state index in [9.17, 15) is 13.2 Å². The highest BCUT2D eigenvalue weighted by Crippen LogP contribution is 2.19. The molecule has 132 valence electrons. The second kappa shape index (κ2) is 7.70. The van der Waals surface area contributed by atoms with Crippen molar-refractivity contribution in [3.63, 3.8) is 0 Å². The summed E-state index contributed by atoms with van der Waals surface area (Å²) < 4.78 is 28.6. The monoisotopic (exact) mass is 359 g/mol. The van der Waals surface area contributed by atoms with E-state index in [4.69, 9.17) is 4.74 Å². The number of hydrogen-bond acceptors (Lipinski definition) is 4. The maximum Gasteiger partial charge on any atom is 0.224 e. The zero-order valence-corrected chi connectivity index (χ0v) is 14.7. The third-order valence-corrected chi connectivity index (χ3v) is 6.01. The number of sulfone groups is 1. The van der Waals surface area contributed by atoms with Crippen molar-refractivity contribution < 1.29 is 17.9 Å². The van der Waals surface area contributed by atoms with Gasteiger partial charge in [0, 0.05) is 6.54 Å². The zero-order valence-electron chi connectivity index (χ0n) is 13.9. The summed E-state index contributed by atoms with van der Waals surface area (Å²) >= 11 is 0. The summed E-state index contributed by atoms with van der Waals surface area (Å²) in [4.78, 5) is 12.0. The summed E-state index contributed by atoms with van der Waals surface area (Å²) in [5.74, 6) is 0.230. The lowest BCUT2D eigenvalue weighted by Crippen LogP contribution is -2.30. The fourth-order valence-corrected chi connectivity index (χ4v) is 4.52. The normalized spacial score (nSPS) is 18.6. The zero-order chi connectivity index (χ0) is 17.7. The number of ether oxygens (including phenoxy) is 1. The van der Waals surface area contributed by atoms with Crippen molar-refractivity contribution in [3.05, 3.63) is 65.7 Å². The molecule has 1 aliphatic rings. The average Bonchev–Trinajstić information content (AvgIpc) is 3.00. The largest absolute Gasteiger partial charge is 0.489 e. The van der Waals surface area contributed by atoms with E-state index in [2.05, 4.69) is 5.32 Å². The number of nitrogens with one attached hydrogen (secondary N) is 1. The minimum absolute atomic E-state index is 0.0366. The summed E-state index contributed by atoms with van der Waals surface area (Å²) in [5.41, 5.74) is 2.05. The van der Waals surface area contributed by atoms with Crippen LogP contribution < -0.4 is 10.1 Å². The second-order valence-electron chi connectivity index (χ2n) is 6.24. The van der Waals surface area contributed by atoms with Gasteiger partial charge in [0.05, 0.1) is 17.4 Å². The van der Waals surface area contributed by atoms with E-state index < -0.39 is 15.8 Å². The molecular formula is C19H21NO4S. The molecule has 0 spiro atoms. The highest BCUT2D eigenvalue weighted by Gasteiger charge is 2.32. The Bertz CT molecular complexity index is 816. The summed E-state index contributed by atoms with van der Waals surface area (Å²) in [7, 11) is -3.04. The maximum absolute atomic E-state index is 12.0. The molecule has 3 rings (SSSR count). The molecule has 1 aliphatic heterocycles. The fraction of sp³-hybridized carbons (Fsp3) is 0.316. The van der Waals surface area contributed by atoms with Crippen LogP contribution in [0, 0.1) is 5.92 Å². The summed E-state index contributed by atoms with van der Waals surface area (Å²) in [6.45, 7) is 0.890. The van der Waals surface area contributed by atoms with E-state index in [0.717, 1.165) is 16.9 Å². The van der Waals surface area contributed by atoms with E-state index in [0.29, 0.717) is 19.6 Å². The topological polar surface area (TPSA) is 72.5 Å². The molecule has 2 aromatic rings. The first kappa shape index (κ1) is 17.5. The summed E-state index contributed by atoms with van der Waals surface area (Å²) in [5, 5.41) is 2.81. The number of carbonyl (C=O) groups excluding carboxylic acids is 1. The number of rotatable bonds is 6. The van der Waals surface area contributed by atoms with Gasteiger partial charge in [-0.1, -0.05) is 42.5 Å². The minimum atomic E-state index is -3.04. The predicted octanol–water partition coefficient (Wildman–Crippen LogP) is 2.32. The van der Waals surface area contributed by atoms with Crippen LogP contribution in [0.25, 0.3) is 0 Å². The molecule has 0 saturated carbocycles. The quantitative estimate of drug-likeness (QED) is 0.859. The Morgan fingerprint density at radius 2 is 1.76 bits per heavy atom. The third kappa shape index (κ3) is 5.06. The van der Waals surface area contributed by atoms with Crippen molar-refractivity contribution in [3.8, 4) is 5.75 Å². The predicted molar refractivity (Wildman–Crippen MR) is 95.8 cm³/mol. The van der Waals surface area contributed by atoms with E-state index in [-0.39, 0.29) is 17.4 Å². The molecule has 0 aliphatic carbocycles. The van der Waals surface area contributed by atoms with Crippen LogP contribution in [0.3, 0.4) is 0 Å². The molecule has 0 radical (unpaired) electrons. The van der Waals surface area contributed by atoms with Crippen LogP contribution in [-0.4, -0.2) is 25.8 Å². The van der Waals surface area contributed by atoms with Crippen molar-refractivity contribution in [1.29, 1.82) is 0 Å². The molecule has 1 atom stereocenters. The first-order valence-corrected chi connectivity index (χ1v) is 10.1. The number of carbonyl (C=O) groups is 1. The van der Waals surface area contributed by atoms with Crippen LogP contribution in [0.4, 0.5) is 0 Å². The van der Waals surface area contributed by atoms with Gasteiger partial charge in [-0.3, -0.25) is 4.79 Å². The van der Waals surface area contributed by atoms with Gasteiger partial charge in [-0.25, -0.2) is 8.42 Å². The Kier molecular flexibility index (Phi) is 5.38. The van der Waals surface area contributed by atoms with Crippen LogP contribution in [0.5, 0.6) is 5.75 Å². The molecule has 1 saturated heterocycles. The van der Waals surface area contributed by atoms with Gasteiger partial charge in [-0.15, -0.1) is 0 Å². The molecular weight excluding hydrogens is 338 g/mol. The van der Waals surface area contributed by atoms with E-state index >= 15 is 0 Å². The Labute approximate surface area is 147 Å². The molecule has 1 N–H and O–H groups in total. The van der Waals surface area contributed by atoms with E-state index in [1.165, 1.54) is 0 Å². The molecule has 0 aromatic heterocycles. The Morgan fingerprint density at radius 3 is 2.40 bits per heavy atom. The molecule has 1 amide bonds. The highest BCUT2D eigenvalue weighted by atomic mass is 32.2. The first-order valence-electron chi connectivity index (χ1n) is 8.26. The average molecular weight is 359 g/mol.